The van der Waals surface area contributed by atoms with Gasteiger partial charge in [-0.1, -0.05) is 29.4 Å². The van der Waals surface area contributed by atoms with Crippen molar-refractivity contribution in [2.75, 3.05) is 0 Å². The molecule has 3 rings (SSSR count). The molecule has 3 aromatic rings. The number of rotatable bonds is 6. The predicted molar refractivity (Wildman–Crippen MR) is 88.1 cm³/mol. The van der Waals surface area contributed by atoms with Crippen molar-refractivity contribution in [3.63, 3.8) is 0 Å². The monoisotopic (exact) mass is 341 g/mol. The molecule has 0 aliphatic carbocycles. The van der Waals surface area contributed by atoms with Crippen molar-refractivity contribution >= 4 is 5.91 Å². The number of benzene rings is 2. The molecule has 128 valence electrons. The van der Waals surface area contributed by atoms with Crippen LogP contribution in [-0.2, 0) is 17.8 Å². The summed E-state index contributed by atoms with van der Waals surface area (Å²) in [4.78, 5) is 15.2. The van der Waals surface area contributed by atoms with Gasteiger partial charge in [-0.25, -0.2) is 4.39 Å². The van der Waals surface area contributed by atoms with Gasteiger partial charge in [-0.15, -0.1) is 0 Å². The molecule has 1 aromatic heterocycles. The van der Waals surface area contributed by atoms with E-state index in [-0.39, 0.29) is 24.7 Å². The first kappa shape index (κ1) is 16.6. The second-order valence-electron chi connectivity index (χ2n) is 5.55. The first-order valence-electron chi connectivity index (χ1n) is 7.60. The number of aryl methyl sites for hydroxylation is 1. The van der Waals surface area contributed by atoms with E-state index < -0.39 is 5.91 Å². The molecule has 0 atom stereocenters. The third-order valence-corrected chi connectivity index (χ3v) is 3.54. The highest BCUT2D eigenvalue weighted by Gasteiger charge is 2.11. The first-order valence-corrected chi connectivity index (χ1v) is 7.60. The molecule has 0 bridgehead atoms. The Morgan fingerprint density at radius 1 is 1.28 bits per heavy atom. The van der Waals surface area contributed by atoms with Gasteiger partial charge in [0.25, 0.3) is 5.89 Å². The largest absolute Gasteiger partial charge is 0.484 e. The quantitative estimate of drug-likeness (QED) is 0.744. The van der Waals surface area contributed by atoms with Crippen LogP contribution in [0.3, 0.4) is 0 Å². The zero-order valence-electron chi connectivity index (χ0n) is 13.5. The summed E-state index contributed by atoms with van der Waals surface area (Å²) in [6, 6.07) is 11.8. The van der Waals surface area contributed by atoms with Gasteiger partial charge in [-0.05, 0) is 36.2 Å². The molecule has 7 heteroatoms. The summed E-state index contributed by atoms with van der Waals surface area (Å²) in [7, 11) is 0. The van der Waals surface area contributed by atoms with Crippen molar-refractivity contribution in [2.45, 2.75) is 20.0 Å². The molecule has 0 aliphatic rings. The van der Waals surface area contributed by atoms with Crippen LogP contribution in [0.1, 0.15) is 17.0 Å². The number of amides is 1. The van der Waals surface area contributed by atoms with Crippen molar-refractivity contribution in [1.29, 1.82) is 0 Å². The number of halogens is 1. The van der Waals surface area contributed by atoms with Crippen LogP contribution in [0.2, 0.25) is 0 Å². The molecule has 6 nitrogen and oxygen atoms in total. The summed E-state index contributed by atoms with van der Waals surface area (Å²) in [5.41, 5.74) is 7.01. The van der Waals surface area contributed by atoms with E-state index in [2.05, 4.69) is 10.1 Å². The molecule has 0 saturated carbocycles. The molecule has 0 spiro atoms. The fraction of sp³-hybridized carbons (Fsp3) is 0.167. The highest BCUT2D eigenvalue weighted by Crippen LogP contribution is 2.20. The number of hydrogen-bond donors (Lipinski definition) is 1. The van der Waals surface area contributed by atoms with Crippen LogP contribution in [0.4, 0.5) is 4.39 Å². The highest BCUT2D eigenvalue weighted by molar-refractivity contribution is 5.76. The lowest BCUT2D eigenvalue weighted by molar-refractivity contribution is -0.117. The molecule has 2 N–H and O–H groups in total. The van der Waals surface area contributed by atoms with Crippen molar-refractivity contribution in [2.24, 2.45) is 5.73 Å². The van der Waals surface area contributed by atoms with E-state index in [4.69, 9.17) is 15.0 Å². The zero-order chi connectivity index (χ0) is 17.8. The Balaban J connectivity index is 1.67. The molecule has 1 heterocycles. The number of primary amides is 1. The van der Waals surface area contributed by atoms with Gasteiger partial charge in [-0.3, -0.25) is 4.79 Å². The van der Waals surface area contributed by atoms with E-state index in [0.29, 0.717) is 22.7 Å². The van der Waals surface area contributed by atoms with Crippen LogP contribution < -0.4 is 10.5 Å². The smallest absolute Gasteiger partial charge is 0.264 e. The standard InChI is InChI=1S/C18H16FN3O3/c1-11-5-6-13(9-15(11)19)18-21-17(25-22-18)10-24-14-4-2-3-12(7-14)8-16(20)23/h2-7,9H,8,10H2,1H3,(H2,20,23). The number of nitrogens with two attached hydrogens (primary N) is 1. The molecule has 2 aromatic carbocycles. The van der Waals surface area contributed by atoms with E-state index in [1.807, 2.05) is 0 Å². The topological polar surface area (TPSA) is 91.2 Å². The molecular weight excluding hydrogens is 325 g/mol. The molecule has 0 unspecified atom stereocenters. The van der Waals surface area contributed by atoms with Crippen LogP contribution in [0.15, 0.2) is 47.0 Å². The second kappa shape index (κ2) is 7.12. The Morgan fingerprint density at radius 2 is 2.12 bits per heavy atom. The first-order chi connectivity index (χ1) is 12.0. The Labute approximate surface area is 143 Å². The third-order valence-electron chi connectivity index (χ3n) is 3.54. The zero-order valence-corrected chi connectivity index (χ0v) is 13.5. The van der Waals surface area contributed by atoms with Crippen LogP contribution >= 0.6 is 0 Å². The maximum Gasteiger partial charge on any atom is 0.264 e. The van der Waals surface area contributed by atoms with E-state index in [1.165, 1.54) is 6.07 Å². The van der Waals surface area contributed by atoms with Crippen molar-refractivity contribution in [3.8, 4) is 17.1 Å². The minimum Gasteiger partial charge on any atom is -0.484 e. The number of carbonyl (C=O) groups excluding carboxylic acids is 1. The van der Waals surface area contributed by atoms with Crippen LogP contribution in [-0.4, -0.2) is 16.0 Å². The minimum atomic E-state index is -0.413. The number of nitrogens with zero attached hydrogens (tertiary/aromatic N) is 2. The van der Waals surface area contributed by atoms with Gasteiger partial charge < -0.3 is 15.0 Å². The number of aromatic nitrogens is 2. The van der Waals surface area contributed by atoms with Gasteiger partial charge in [0.05, 0.1) is 6.42 Å². The van der Waals surface area contributed by atoms with Gasteiger partial charge in [0.2, 0.25) is 11.7 Å². The molecule has 1 amide bonds. The summed E-state index contributed by atoms with van der Waals surface area (Å²) >= 11 is 0. The van der Waals surface area contributed by atoms with Crippen molar-refractivity contribution in [1.82, 2.24) is 10.1 Å². The number of hydrogen-bond acceptors (Lipinski definition) is 5. The SMILES string of the molecule is Cc1ccc(-c2noc(COc3cccc(CC(N)=O)c3)n2)cc1F. The van der Waals surface area contributed by atoms with Crippen LogP contribution in [0, 0.1) is 12.7 Å². The molecule has 0 aliphatic heterocycles. The fourth-order valence-corrected chi connectivity index (χ4v) is 2.25. The van der Waals surface area contributed by atoms with Gasteiger partial charge in [0.1, 0.15) is 11.6 Å². The van der Waals surface area contributed by atoms with Gasteiger partial charge >= 0.3 is 0 Å². The summed E-state index contributed by atoms with van der Waals surface area (Å²) in [5, 5.41) is 3.83. The van der Waals surface area contributed by atoms with E-state index >= 15 is 0 Å². The highest BCUT2D eigenvalue weighted by atomic mass is 19.1. The predicted octanol–water partition coefficient (Wildman–Crippen LogP) is 2.79. The normalized spacial score (nSPS) is 10.6. The fourth-order valence-electron chi connectivity index (χ4n) is 2.25. The summed E-state index contributed by atoms with van der Waals surface area (Å²) in [5.74, 6) is 0.367. The Morgan fingerprint density at radius 3 is 2.88 bits per heavy atom. The minimum absolute atomic E-state index is 0.0569. The molecule has 0 saturated heterocycles. The third kappa shape index (κ3) is 4.20. The lowest BCUT2D eigenvalue weighted by Crippen LogP contribution is -2.13. The number of carbonyl (C=O) groups is 1. The second-order valence-corrected chi connectivity index (χ2v) is 5.55. The van der Waals surface area contributed by atoms with Gasteiger partial charge in [0, 0.05) is 5.56 Å². The molecule has 0 fully saturated rings. The van der Waals surface area contributed by atoms with E-state index in [1.54, 1.807) is 43.3 Å². The summed E-state index contributed by atoms with van der Waals surface area (Å²) in [6.07, 6.45) is 0.140. The maximum atomic E-state index is 13.6. The van der Waals surface area contributed by atoms with E-state index in [9.17, 15) is 9.18 Å². The average molecular weight is 341 g/mol. The van der Waals surface area contributed by atoms with Crippen molar-refractivity contribution in [3.05, 3.63) is 65.3 Å². The summed E-state index contributed by atoms with van der Waals surface area (Å²) in [6.45, 7) is 1.74. The van der Waals surface area contributed by atoms with Crippen molar-refractivity contribution < 1.29 is 18.4 Å². The molecular formula is C18H16FN3O3. The Bertz CT molecular complexity index is 908. The molecule has 0 radical (unpaired) electrons. The van der Waals surface area contributed by atoms with Crippen LogP contribution in [0.5, 0.6) is 5.75 Å². The lowest BCUT2D eigenvalue weighted by Gasteiger charge is -2.05. The maximum absolute atomic E-state index is 13.6. The molecule has 25 heavy (non-hydrogen) atoms. The summed E-state index contributed by atoms with van der Waals surface area (Å²) < 4.78 is 24.3. The Hall–Kier alpha value is -3.22. The van der Waals surface area contributed by atoms with Gasteiger partial charge in [0.15, 0.2) is 6.61 Å². The lowest BCUT2D eigenvalue weighted by atomic mass is 10.1. The average Bonchev–Trinajstić information content (AvgIpc) is 3.04. The van der Waals surface area contributed by atoms with Gasteiger partial charge in [-0.2, -0.15) is 4.98 Å². The van der Waals surface area contributed by atoms with E-state index in [0.717, 1.165) is 5.56 Å². The Kier molecular flexibility index (Phi) is 4.74. The number of ether oxygens (including phenoxy) is 1. The van der Waals surface area contributed by atoms with Crippen LogP contribution in [0.25, 0.3) is 11.4 Å².